The molecule has 0 spiro atoms. The molecule has 0 aliphatic heterocycles. The van der Waals surface area contributed by atoms with Gasteiger partial charge in [-0.2, -0.15) is 0 Å². The van der Waals surface area contributed by atoms with Crippen molar-refractivity contribution in [2.45, 2.75) is 52.4 Å². The molecule has 0 aromatic rings. The number of carbonyl (C=O) groups excluding carboxylic acids is 1. The predicted molar refractivity (Wildman–Crippen MR) is 60.5 cm³/mol. The molecule has 5 unspecified atom stereocenters. The summed E-state index contributed by atoms with van der Waals surface area (Å²) >= 11 is 0. The van der Waals surface area contributed by atoms with Crippen molar-refractivity contribution in [2.75, 3.05) is 0 Å². The van der Waals surface area contributed by atoms with Crippen LogP contribution in [0.4, 0.5) is 0 Å². The summed E-state index contributed by atoms with van der Waals surface area (Å²) in [5, 5.41) is 0. The number of Topliss-reactive ketones (excluding diaryl/α,β-unsaturated/α-hetero) is 1. The summed E-state index contributed by atoms with van der Waals surface area (Å²) in [5.74, 6) is 3.74. The summed E-state index contributed by atoms with van der Waals surface area (Å²) in [7, 11) is 0. The zero-order chi connectivity index (χ0) is 10.6. The van der Waals surface area contributed by atoms with Crippen molar-refractivity contribution < 1.29 is 4.79 Å². The maximum atomic E-state index is 12.1. The Morgan fingerprint density at radius 1 is 1.13 bits per heavy atom. The fraction of sp³-hybridized carbons (Fsp3) is 0.929. The maximum Gasteiger partial charge on any atom is 0.136 e. The normalized spacial score (nSPS) is 52.9. The Bertz CT molecular complexity index is 296. The van der Waals surface area contributed by atoms with Gasteiger partial charge in [-0.3, -0.25) is 4.79 Å². The number of hydrogen-bond acceptors (Lipinski definition) is 1. The molecule has 3 aliphatic rings. The fourth-order valence-electron chi connectivity index (χ4n) is 5.47. The molecular formula is C14H22O. The van der Waals surface area contributed by atoms with Gasteiger partial charge in [0.2, 0.25) is 0 Å². The van der Waals surface area contributed by atoms with Crippen molar-refractivity contribution in [3.05, 3.63) is 0 Å². The van der Waals surface area contributed by atoms with E-state index in [0.29, 0.717) is 5.78 Å². The molecule has 3 aliphatic carbocycles. The van der Waals surface area contributed by atoms with Crippen LogP contribution in [-0.4, -0.2) is 5.78 Å². The van der Waals surface area contributed by atoms with Crippen LogP contribution in [0.15, 0.2) is 0 Å². The van der Waals surface area contributed by atoms with Crippen LogP contribution in [0.2, 0.25) is 0 Å². The maximum absolute atomic E-state index is 12.1. The Hall–Kier alpha value is -0.330. The smallest absolute Gasteiger partial charge is 0.136 e. The minimum atomic E-state index is 0.139. The average Bonchev–Trinajstić information content (AvgIpc) is 2.72. The summed E-state index contributed by atoms with van der Waals surface area (Å²) in [4.78, 5) is 12.1. The zero-order valence-corrected chi connectivity index (χ0v) is 9.96. The number of fused-ring (bicyclic) bond motifs is 5. The Morgan fingerprint density at radius 3 is 2.60 bits per heavy atom. The minimum absolute atomic E-state index is 0.139. The van der Waals surface area contributed by atoms with Gasteiger partial charge in [0, 0.05) is 5.41 Å². The molecule has 3 fully saturated rings. The van der Waals surface area contributed by atoms with Crippen molar-refractivity contribution in [3.63, 3.8) is 0 Å². The second-order valence-corrected chi connectivity index (χ2v) is 6.16. The highest BCUT2D eigenvalue weighted by Crippen LogP contribution is 2.67. The van der Waals surface area contributed by atoms with Crippen LogP contribution in [0, 0.1) is 29.1 Å². The lowest BCUT2D eigenvalue weighted by Gasteiger charge is -2.45. The van der Waals surface area contributed by atoms with E-state index in [1.807, 2.05) is 6.92 Å². The molecule has 0 aromatic heterocycles. The number of rotatable bonds is 1. The van der Waals surface area contributed by atoms with Gasteiger partial charge in [-0.1, -0.05) is 19.8 Å². The predicted octanol–water partition coefficient (Wildman–Crippen LogP) is 3.43. The van der Waals surface area contributed by atoms with E-state index in [9.17, 15) is 4.79 Å². The molecule has 0 N–H and O–H groups in total. The summed E-state index contributed by atoms with van der Waals surface area (Å²) in [6.45, 7) is 4.27. The highest BCUT2D eigenvalue weighted by Gasteiger charge is 2.63. The summed E-state index contributed by atoms with van der Waals surface area (Å²) < 4.78 is 0. The minimum Gasteiger partial charge on any atom is -0.299 e. The SMILES string of the molecule is CC(=O)C12CCCCC1C1CCC2C1C. The van der Waals surface area contributed by atoms with E-state index in [-0.39, 0.29) is 5.41 Å². The standard InChI is InChI=1S/C14H22O/c1-9-11-6-7-12(9)14(10(2)15)8-4-3-5-13(11)14/h9,11-13H,3-8H2,1-2H3. The molecule has 0 heterocycles. The Balaban J connectivity index is 2.04. The average molecular weight is 206 g/mol. The van der Waals surface area contributed by atoms with Crippen molar-refractivity contribution in [1.82, 2.24) is 0 Å². The first-order valence-electron chi connectivity index (χ1n) is 6.69. The van der Waals surface area contributed by atoms with Crippen molar-refractivity contribution >= 4 is 5.78 Å². The van der Waals surface area contributed by atoms with E-state index < -0.39 is 0 Å². The quantitative estimate of drug-likeness (QED) is 0.642. The van der Waals surface area contributed by atoms with Crippen LogP contribution in [0.25, 0.3) is 0 Å². The van der Waals surface area contributed by atoms with Gasteiger partial charge < -0.3 is 0 Å². The number of hydrogen-bond donors (Lipinski definition) is 0. The first-order chi connectivity index (χ1) is 7.18. The van der Waals surface area contributed by atoms with Gasteiger partial charge in [-0.15, -0.1) is 0 Å². The monoisotopic (exact) mass is 206 g/mol. The molecule has 0 amide bonds. The van der Waals surface area contributed by atoms with Crippen molar-refractivity contribution in [2.24, 2.45) is 29.1 Å². The molecule has 5 atom stereocenters. The second-order valence-electron chi connectivity index (χ2n) is 6.16. The first-order valence-corrected chi connectivity index (χ1v) is 6.69. The molecule has 3 rings (SSSR count). The highest BCUT2D eigenvalue weighted by molar-refractivity contribution is 5.84. The molecule has 3 saturated carbocycles. The lowest BCUT2D eigenvalue weighted by molar-refractivity contribution is -0.136. The van der Waals surface area contributed by atoms with Gasteiger partial charge in [-0.25, -0.2) is 0 Å². The van der Waals surface area contributed by atoms with Gasteiger partial charge >= 0.3 is 0 Å². The third kappa shape index (κ3) is 1.02. The second kappa shape index (κ2) is 3.09. The molecular weight excluding hydrogens is 184 g/mol. The van der Waals surface area contributed by atoms with Crippen LogP contribution in [-0.2, 0) is 4.79 Å². The number of ketones is 1. The van der Waals surface area contributed by atoms with Crippen molar-refractivity contribution in [3.8, 4) is 0 Å². The van der Waals surface area contributed by atoms with Gasteiger partial charge in [0.15, 0.2) is 0 Å². The van der Waals surface area contributed by atoms with E-state index in [1.165, 1.54) is 38.5 Å². The van der Waals surface area contributed by atoms with Gasteiger partial charge in [0.05, 0.1) is 0 Å². The van der Waals surface area contributed by atoms with E-state index >= 15 is 0 Å². The topological polar surface area (TPSA) is 17.1 Å². The van der Waals surface area contributed by atoms with Crippen molar-refractivity contribution in [1.29, 1.82) is 0 Å². The Labute approximate surface area is 92.6 Å². The van der Waals surface area contributed by atoms with Crippen LogP contribution in [0.1, 0.15) is 52.4 Å². The lowest BCUT2D eigenvalue weighted by atomic mass is 9.57. The molecule has 0 radical (unpaired) electrons. The highest BCUT2D eigenvalue weighted by atomic mass is 16.1. The third-order valence-electron chi connectivity index (χ3n) is 5.97. The third-order valence-corrected chi connectivity index (χ3v) is 5.97. The molecule has 0 saturated heterocycles. The molecule has 2 bridgehead atoms. The first kappa shape index (κ1) is 9.86. The summed E-state index contributed by atoms with van der Waals surface area (Å²) in [6, 6.07) is 0. The Kier molecular flexibility index (Phi) is 2.03. The van der Waals surface area contributed by atoms with Crippen LogP contribution >= 0.6 is 0 Å². The largest absolute Gasteiger partial charge is 0.299 e. The molecule has 84 valence electrons. The Morgan fingerprint density at radius 2 is 1.93 bits per heavy atom. The number of carbonyl (C=O) groups is 1. The summed E-state index contributed by atoms with van der Waals surface area (Å²) in [6.07, 6.45) is 7.96. The van der Waals surface area contributed by atoms with E-state index in [4.69, 9.17) is 0 Å². The van der Waals surface area contributed by atoms with Crippen LogP contribution in [0.3, 0.4) is 0 Å². The van der Waals surface area contributed by atoms with E-state index in [2.05, 4.69) is 6.92 Å². The molecule has 1 heteroatoms. The van der Waals surface area contributed by atoms with E-state index in [1.54, 1.807) is 0 Å². The van der Waals surface area contributed by atoms with Crippen LogP contribution in [0.5, 0.6) is 0 Å². The molecule has 15 heavy (non-hydrogen) atoms. The summed E-state index contributed by atoms with van der Waals surface area (Å²) in [5.41, 5.74) is 0.139. The van der Waals surface area contributed by atoms with Gasteiger partial charge in [0.25, 0.3) is 0 Å². The van der Waals surface area contributed by atoms with E-state index in [0.717, 1.165) is 23.7 Å². The molecule has 1 nitrogen and oxygen atoms in total. The van der Waals surface area contributed by atoms with Gasteiger partial charge in [-0.05, 0) is 56.3 Å². The zero-order valence-electron chi connectivity index (χ0n) is 9.96. The molecule has 0 aromatic carbocycles. The van der Waals surface area contributed by atoms with Gasteiger partial charge in [0.1, 0.15) is 5.78 Å². The fourth-order valence-corrected chi connectivity index (χ4v) is 5.47. The van der Waals surface area contributed by atoms with Crippen LogP contribution < -0.4 is 0 Å². The lowest BCUT2D eigenvalue weighted by Crippen LogP contribution is -2.44.